The molecule has 0 rings (SSSR count). The number of aliphatic carboxylic acids is 1. The van der Waals surface area contributed by atoms with Crippen molar-refractivity contribution in [2.24, 2.45) is 15.9 Å². The molecule has 9 heteroatoms. The van der Waals surface area contributed by atoms with Gasteiger partial charge in [0.2, 0.25) is 0 Å². The molecule has 9 nitrogen and oxygen atoms in total. The Hall–Kier alpha value is -2.19. The van der Waals surface area contributed by atoms with Crippen LogP contribution in [-0.4, -0.2) is 27.8 Å². The zero-order chi connectivity index (χ0) is 10.4. The molecule has 0 fully saturated rings. The lowest BCUT2D eigenvalue weighted by Crippen LogP contribution is -2.30. The molecule has 0 radical (unpaired) electrons. The molecule has 0 aromatic rings. The molecule has 0 saturated carbocycles. The number of nitrogens with two attached hydrogens (primary N) is 1. The van der Waals surface area contributed by atoms with Crippen LogP contribution in [0, 0.1) is 10.1 Å². The van der Waals surface area contributed by atoms with E-state index in [1.54, 1.807) is 0 Å². The number of hydrazone groups is 2. The van der Waals surface area contributed by atoms with E-state index in [1.807, 2.05) is 5.43 Å². The van der Waals surface area contributed by atoms with E-state index in [9.17, 15) is 14.9 Å². The molecule has 0 unspecified atom stereocenters. The Balaban J connectivity index is 4.24. The number of carboxylic acid groups (broad SMARTS) is 1. The first-order valence-electron chi connectivity index (χ1n) is 2.95. The molecular weight excluding hydrogens is 182 g/mol. The van der Waals surface area contributed by atoms with Crippen molar-refractivity contribution in [2.75, 3.05) is 0 Å². The predicted octanol–water partition coefficient (Wildman–Crippen LogP) is -1.46. The van der Waals surface area contributed by atoms with Gasteiger partial charge in [0.15, 0.2) is 5.03 Å². The van der Waals surface area contributed by atoms with Crippen LogP contribution >= 0.6 is 0 Å². The van der Waals surface area contributed by atoms with Gasteiger partial charge in [-0.2, -0.15) is 5.10 Å². The molecule has 0 amide bonds. The summed E-state index contributed by atoms with van der Waals surface area (Å²) < 4.78 is 0. The summed E-state index contributed by atoms with van der Waals surface area (Å²) in [6.07, 6.45) is 0. The highest BCUT2D eigenvalue weighted by atomic mass is 16.7. The second-order valence-electron chi connectivity index (χ2n) is 1.84. The second kappa shape index (κ2) is 4.64. The van der Waals surface area contributed by atoms with Crippen molar-refractivity contribution in [1.82, 2.24) is 5.43 Å². The van der Waals surface area contributed by atoms with Crippen LogP contribution in [0.15, 0.2) is 10.2 Å². The zero-order valence-corrected chi connectivity index (χ0v) is 6.59. The van der Waals surface area contributed by atoms with Crippen molar-refractivity contribution < 1.29 is 14.9 Å². The lowest BCUT2D eigenvalue weighted by molar-refractivity contribution is -0.485. The van der Waals surface area contributed by atoms with Gasteiger partial charge in [0.1, 0.15) is 10.8 Å². The summed E-state index contributed by atoms with van der Waals surface area (Å²) in [6, 6.07) is 0. The maximum absolute atomic E-state index is 10.1. The fourth-order valence-corrected chi connectivity index (χ4v) is 0.299. The molecule has 4 N–H and O–H groups in total. The van der Waals surface area contributed by atoms with Gasteiger partial charge in [0, 0.05) is 0 Å². The van der Waals surface area contributed by atoms with E-state index in [1.165, 1.54) is 6.92 Å². The van der Waals surface area contributed by atoms with Crippen molar-refractivity contribution in [3.63, 3.8) is 0 Å². The second-order valence-corrected chi connectivity index (χ2v) is 1.84. The Bertz CT molecular complexity index is 282. The molecule has 0 aromatic carbocycles. The van der Waals surface area contributed by atoms with Crippen LogP contribution in [-0.2, 0) is 4.79 Å². The fourth-order valence-electron chi connectivity index (χ4n) is 0.299. The lowest BCUT2D eigenvalue weighted by atomic mass is 10.4. The summed E-state index contributed by atoms with van der Waals surface area (Å²) in [5.41, 5.74) is 6.52. The molecule has 72 valence electrons. The van der Waals surface area contributed by atoms with Gasteiger partial charge in [0.25, 0.3) is 5.96 Å². The van der Waals surface area contributed by atoms with Crippen LogP contribution in [0.4, 0.5) is 0 Å². The average Bonchev–Trinajstić information content (AvgIpc) is 1.98. The fraction of sp³-hybridized carbons (Fsp3) is 0.250. The first-order valence-corrected chi connectivity index (χ1v) is 2.95. The Kier molecular flexibility index (Phi) is 3.86. The first-order chi connectivity index (χ1) is 5.93. The van der Waals surface area contributed by atoms with Crippen molar-refractivity contribution in [3.05, 3.63) is 10.1 Å². The summed E-state index contributed by atoms with van der Waals surface area (Å²) in [6.45, 7) is 1.19. The maximum Gasteiger partial charge on any atom is 0.351 e. The molecule has 0 aliphatic carbocycles. The SMILES string of the molecule is CC(=NN/C(N)=N/[N+](=O)[O-])C(=O)O. The minimum Gasteiger partial charge on any atom is -0.477 e. The summed E-state index contributed by atoms with van der Waals surface area (Å²) in [7, 11) is 0. The van der Waals surface area contributed by atoms with E-state index < -0.39 is 17.0 Å². The van der Waals surface area contributed by atoms with Gasteiger partial charge < -0.3 is 10.8 Å². The normalized spacial score (nSPS) is 12.4. The Morgan fingerprint density at radius 3 is 2.62 bits per heavy atom. The van der Waals surface area contributed by atoms with E-state index in [2.05, 4.69) is 10.2 Å². The number of carbonyl (C=O) groups is 1. The summed E-state index contributed by atoms with van der Waals surface area (Å²) in [4.78, 5) is 19.9. The quantitative estimate of drug-likeness (QED) is 0.214. The van der Waals surface area contributed by atoms with Gasteiger partial charge in [-0.15, -0.1) is 0 Å². The Morgan fingerprint density at radius 1 is 1.69 bits per heavy atom. The van der Waals surface area contributed by atoms with Crippen molar-refractivity contribution in [3.8, 4) is 0 Å². The minimum absolute atomic E-state index is 0.290. The van der Waals surface area contributed by atoms with Crippen molar-refractivity contribution >= 4 is 17.6 Å². The number of hydrogen-bond donors (Lipinski definition) is 3. The summed E-state index contributed by atoms with van der Waals surface area (Å²) >= 11 is 0. The van der Waals surface area contributed by atoms with E-state index in [-0.39, 0.29) is 5.71 Å². The van der Waals surface area contributed by atoms with Gasteiger partial charge >= 0.3 is 5.97 Å². The molecular formula is C4H7N5O4. The van der Waals surface area contributed by atoms with Crippen LogP contribution < -0.4 is 11.2 Å². The Morgan fingerprint density at radius 2 is 2.23 bits per heavy atom. The Labute approximate surface area is 72.1 Å². The van der Waals surface area contributed by atoms with Crippen LogP contribution in [0.1, 0.15) is 6.92 Å². The van der Waals surface area contributed by atoms with Crippen molar-refractivity contribution in [1.29, 1.82) is 0 Å². The van der Waals surface area contributed by atoms with Gasteiger partial charge in [-0.05, 0) is 6.92 Å². The lowest BCUT2D eigenvalue weighted by Gasteiger charge is -1.94. The smallest absolute Gasteiger partial charge is 0.351 e. The number of guanidine groups is 1. The molecule has 0 aromatic heterocycles. The molecule has 0 bridgehead atoms. The monoisotopic (exact) mass is 189 g/mol. The third-order valence-corrected chi connectivity index (χ3v) is 0.837. The minimum atomic E-state index is -1.26. The summed E-state index contributed by atoms with van der Waals surface area (Å²) in [5, 5.41) is 22.8. The summed E-state index contributed by atoms with van der Waals surface area (Å²) in [5.74, 6) is -1.85. The van der Waals surface area contributed by atoms with E-state index in [0.717, 1.165) is 0 Å². The highest BCUT2D eigenvalue weighted by Gasteiger charge is 2.02. The third kappa shape index (κ3) is 5.12. The van der Waals surface area contributed by atoms with Crippen LogP contribution in [0.2, 0.25) is 0 Å². The average molecular weight is 189 g/mol. The highest BCUT2D eigenvalue weighted by Crippen LogP contribution is 1.75. The van der Waals surface area contributed by atoms with E-state index >= 15 is 0 Å². The largest absolute Gasteiger partial charge is 0.477 e. The molecule has 0 saturated heterocycles. The topological polar surface area (TPSA) is 143 Å². The third-order valence-electron chi connectivity index (χ3n) is 0.837. The first kappa shape index (κ1) is 10.8. The van der Waals surface area contributed by atoms with Crippen LogP contribution in [0.5, 0.6) is 0 Å². The molecule has 13 heavy (non-hydrogen) atoms. The van der Waals surface area contributed by atoms with E-state index in [0.29, 0.717) is 0 Å². The number of nitro groups is 1. The van der Waals surface area contributed by atoms with Gasteiger partial charge in [0.05, 0.1) is 0 Å². The molecule has 0 aliphatic heterocycles. The maximum atomic E-state index is 10.1. The molecule has 0 aliphatic rings. The molecule has 0 heterocycles. The number of nitrogens with one attached hydrogen (secondary N) is 1. The number of carboxylic acids is 1. The van der Waals surface area contributed by atoms with Crippen LogP contribution in [0.25, 0.3) is 0 Å². The highest BCUT2D eigenvalue weighted by molar-refractivity contribution is 6.34. The number of rotatable bonds is 3. The van der Waals surface area contributed by atoms with E-state index in [4.69, 9.17) is 10.8 Å². The predicted molar refractivity (Wildman–Crippen MR) is 42.5 cm³/mol. The number of nitrogens with zero attached hydrogens (tertiary/aromatic N) is 3. The standard InChI is InChI=1S/C4H7N5O4/c1-2(3(10)11)6-7-4(5)8-9(12)13/h1H3,(H,10,11)(H3,5,7,8). The molecule has 0 spiro atoms. The van der Waals surface area contributed by atoms with Gasteiger partial charge in [-0.1, -0.05) is 0 Å². The zero-order valence-electron chi connectivity index (χ0n) is 6.59. The number of hydrogen-bond acceptors (Lipinski definition) is 4. The van der Waals surface area contributed by atoms with Crippen LogP contribution in [0.3, 0.4) is 0 Å². The molecule has 0 atom stereocenters. The van der Waals surface area contributed by atoms with Crippen molar-refractivity contribution in [2.45, 2.75) is 6.92 Å². The van der Waals surface area contributed by atoms with Gasteiger partial charge in [-0.25, -0.2) is 20.3 Å². The van der Waals surface area contributed by atoms with Gasteiger partial charge in [-0.3, -0.25) is 0 Å².